The monoisotopic (exact) mass is 690 g/mol. The molecule has 0 fully saturated rings. The minimum atomic E-state index is 0.976. The Morgan fingerprint density at radius 2 is 1.06 bits per heavy atom. The van der Waals surface area contributed by atoms with Crippen molar-refractivity contribution in [1.29, 1.82) is 0 Å². The first-order chi connectivity index (χ1) is 26.8. The molecule has 8 aromatic carbocycles. The molecule has 1 aliphatic carbocycles. The van der Waals surface area contributed by atoms with Gasteiger partial charge in [0.1, 0.15) is 0 Å². The number of rotatable bonds is 7. The molecule has 1 aliphatic rings. The summed E-state index contributed by atoms with van der Waals surface area (Å²) in [5, 5.41) is 5.16. The molecule has 54 heavy (non-hydrogen) atoms. The highest BCUT2D eigenvalue weighted by atomic mass is 15.1. The van der Waals surface area contributed by atoms with E-state index in [1.165, 1.54) is 71.3 Å². The molecule has 1 aromatic heterocycles. The van der Waals surface area contributed by atoms with Crippen molar-refractivity contribution in [3.05, 3.63) is 216 Å². The molecule has 9 aromatic rings. The Morgan fingerprint density at radius 1 is 0.444 bits per heavy atom. The van der Waals surface area contributed by atoms with Gasteiger partial charge in [-0.3, -0.25) is 0 Å². The van der Waals surface area contributed by atoms with Crippen LogP contribution >= 0.6 is 0 Å². The lowest BCUT2D eigenvalue weighted by atomic mass is 9.88. The second kappa shape index (κ2) is 13.6. The molecule has 0 radical (unpaired) electrons. The Kier molecular flexibility index (Phi) is 8.00. The molecule has 0 saturated carbocycles. The SMILES string of the molecule is C1=c2cccc(-c3ccccc3)c2=C(c2ccccc2N(c2ccccc2)c2cccc(-c3cccc4c3c3ccccc3n4-c3ccccc3)c2)CC1. The highest BCUT2D eigenvalue weighted by Gasteiger charge is 2.22. The molecule has 0 saturated heterocycles. The van der Waals surface area contributed by atoms with E-state index >= 15 is 0 Å². The van der Waals surface area contributed by atoms with E-state index in [4.69, 9.17) is 0 Å². The van der Waals surface area contributed by atoms with Gasteiger partial charge >= 0.3 is 0 Å². The summed E-state index contributed by atoms with van der Waals surface area (Å²) in [5.41, 5.74) is 14.6. The molecule has 0 amide bonds. The Morgan fingerprint density at radius 3 is 1.91 bits per heavy atom. The smallest absolute Gasteiger partial charge is 0.0547 e. The minimum Gasteiger partial charge on any atom is -0.310 e. The van der Waals surface area contributed by atoms with Crippen molar-refractivity contribution >= 4 is 50.5 Å². The highest BCUT2D eigenvalue weighted by Crippen LogP contribution is 2.43. The molecular weight excluding hydrogens is 653 g/mol. The van der Waals surface area contributed by atoms with E-state index in [0.29, 0.717) is 0 Å². The normalized spacial score (nSPS) is 12.4. The lowest BCUT2D eigenvalue weighted by Crippen LogP contribution is -2.32. The van der Waals surface area contributed by atoms with Gasteiger partial charge in [0.05, 0.1) is 16.7 Å². The third kappa shape index (κ3) is 5.43. The number of para-hydroxylation sites is 4. The van der Waals surface area contributed by atoms with Gasteiger partial charge in [0, 0.05) is 33.4 Å². The van der Waals surface area contributed by atoms with E-state index in [2.05, 4.69) is 216 Å². The van der Waals surface area contributed by atoms with Crippen molar-refractivity contribution < 1.29 is 0 Å². The first-order valence-corrected chi connectivity index (χ1v) is 18.8. The van der Waals surface area contributed by atoms with Crippen LogP contribution in [0.5, 0.6) is 0 Å². The summed E-state index contributed by atoms with van der Waals surface area (Å²) in [6.07, 6.45) is 4.39. The quantitative estimate of drug-likeness (QED) is 0.162. The molecule has 10 rings (SSSR count). The Labute approximate surface area is 315 Å². The summed E-state index contributed by atoms with van der Waals surface area (Å²) >= 11 is 0. The van der Waals surface area contributed by atoms with Gasteiger partial charge in [-0.2, -0.15) is 0 Å². The Hall–Kier alpha value is -6.90. The van der Waals surface area contributed by atoms with Crippen LogP contribution in [0.15, 0.2) is 200 Å². The maximum atomic E-state index is 2.45. The van der Waals surface area contributed by atoms with Crippen molar-refractivity contribution in [2.24, 2.45) is 0 Å². The van der Waals surface area contributed by atoms with E-state index in [1.54, 1.807) is 0 Å². The molecule has 0 spiro atoms. The minimum absolute atomic E-state index is 0.976. The lowest BCUT2D eigenvalue weighted by Gasteiger charge is -2.29. The molecule has 0 bridgehead atoms. The van der Waals surface area contributed by atoms with Gasteiger partial charge in [0.2, 0.25) is 0 Å². The largest absolute Gasteiger partial charge is 0.310 e. The number of anilines is 3. The van der Waals surface area contributed by atoms with Crippen molar-refractivity contribution in [2.45, 2.75) is 12.8 Å². The van der Waals surface area contributed by atoms with Crippen LogP contribution in [-0.2, 0) is 0 Å². The summed E-state index contributed by atoms with van der Waals surface area (Å²) in [4.78, 5) is 2.45. The molecule has 1 heterocycles. The zero-order chi connectivity index (χ0) is 35.8. The molecule has 0 aliphatic heterocycles. The van der Waals surface area contributed by atoms with Gasteiger partial charge in [0.15, 0.2) is 0 Å². The molecule has 256 valence electrons. The Balaban J connectivity index is 1.19. The van der Waals surface area contributed by atoms with Crippen LogP contribution in [0.25, 0.3) is 61.4 Å². The van der Waals surface area contributed by atoms with E-state index in [-0.39, 0.29) is 0 Å². The molecule has 2 heteroatoms. The van der Waals surface area contributed by atoms with Crippen LogP contribution in [0.2, 0.25) is 0 Å². The highest BCUT2D eigenvalue weighted by molar-refractivity contribution is 6.16. The second-order valence-electron chi connectivity index (χ2n) is 14.0. The summed E-state index contributed by atoms with van der Waals surface area (Å²) in [6, 6.07) is 72.7. The summed E-state index contributed by atoms with van der Waals surface area (Å²) < 4.78 is 2.39. The van der Waals surface area contributed by atoms with Crippen molar-refractivity contribution in [3.8, 4) is 27.9 Å². The Bertz CT molecular complexity index is 2920. The topological polar surface area (TPSA) is 8.17 Å². The predicted molar refractivity (Wildman–Crippen MR) is 228 cm³/mol. The molecule has 0 unspecified atom stereocenters. The van der Waals surface area contributed by atoms with Crippen LogP contribution in [0.4, 0.5) is 17.1 Å². The summed E-state index contributed by atoms with van der Waals surface area (Å²) in [6.45, 7) is 0. The van der Waals surface area contributed by atoms with E-state index < -0.39 is 0 Å². The predicted octanol–water partition coefficient (Wildman–Crippen LogP) is 12.4. The molecule has 0 atom stereocenters. The first kappa shape index (κ1) is 31.8. The zero-order valence-electron chi connectivity index (χ0n) is 29.9. The van der Waals surface area contributed by atoms with Crippen LogP contribution in [0, 0.1) is 0 Å². The molecular formula is C52H38N2. The first-order valence-electron chi connectivity index (χ1n) is 18.8. The third-order valence-electron chi connectivity index (χ3n) is 10.9. The van der Waals surface area contributed by atoms with Crippen LogP contribution in [0.3, 0.4) is 0 Å². The average Bonchev–Trinajstić information content (AvgIpc) is 3.59. The van der Waals surface area contributed by atoms with Crippen LogP contribution < -0.4 is 15.3 Å². The van der Waals surface area contributed by atoms with Gasteiger partial charge in [-0.25, -0.2) is 0 Å². The van der Waals surface area contributed by atoms with Crippen molar-refractivity contribution in [3.63, 3.8) is 0 Å². The molecule has 0 N–H and O–H groups in total. The van der Waals surface area contributed by atoms with Crippen molar-refractivity contribution in [1.82, 2.24) is 4.57 Å². The van der Waals surface area contributed by atoms with E-state index in [0.717, 1.165) is 29.9 Å². The average molecular weight is 691 g/mol. The number of nitrogens with zero attached hydrogens (tertiary/aromatic N) is 2. The lowest BCUT2D eigenvalue weighted by molar-refractivity contribution is 1.07. The summed E-state index contributed by atoms with van der Waals surface area (Å²) in [5.74, 6) is 0. The maximum Gasteiger partial charge on any atom is 0.0547 e. The number of aromatic nitrogens is 1. The van der Waals surface area contributed by atoms with Gasteiger partial charge in [-0.05, 0) is 106 Å². The van der Waals surface area contributed by atoms with Gasteiger partial charge in [-0.15, -0.1) is 0 Å². The summed E-state index contributed by atoms with van der Waals surface area (Å²) in [7, 11) is 0. The molecule has 2 nitrogen and oxygen atoms in total. The van der Waals surface area contributed by atoms with Crippen LogP contribution in [-0.4, -0.2) is 4.57 Å². The zero-order valence-corrected chi connectivity index (χ0v) is 29.9. The fraction of sp³-hybridized carbons (Fsp3) is 0.0385. The van der Waals surface area contributed by atoms with Crippen molar-refractivity contribution in [2.75, 3.05) is 4.90 Å². The van der Waals surface area contributed by atoms with Gasteiger partial charge in [0.25, 0.3) is 0 Å². The maximum absolute atomic E-state index is 2.45. The number of benzene rings is 8. The number of hydrogen-bond donors (Lipinski definition) is 0. The standard InChI is InChI=1S/C52H38N2/c1-4-18-37(19-5-1)43-30-15-20-38-21-16-32-46(51(38)43)45-28-10-12-33-48(45)53(40-23-6-2-7-24-40)42-27-14-22-39(36-42)44-31-17-35-50-52(44)47-29-11-13-34-49(47)54(50)41-25-8-3-9-26-41/h1-15,17-31,33-36H,16,32H2. The number of hydrogen-bond acceptors (Lipinski definition) is 1. The van der Waals surface area contributed by atoms with Crippen LogP contribution in [0.1, 0.15) is 18.4 Å². The van der Waals surface area contributed by atoms with E-state index in [9.17, 15) is 0 Å². The third-order valence-corrected chi connectivity index (χ3v) is 10.9. The van der Waals surface area contributed by atoms with Gasteiger partial charge < -0.3 is 9.47 Å². The fourth-order valence-electron chi connectivity index (χ4n) is 8.56. The second-order valence-corrected chi connectivity index (χ2v) is 14.0. The number of fused-ring (bicyclic) bond motifs is 4. The fourth-order valence-corrected chi connectivity index (χ4v) is 8.56. The van der Waals surface area contributed by atoms with Gasteiger partial charge in [-0.1, -0.05) is 152 Å². The van der Waals surface area contributed by atoms with E-state index in [1.807, 2.05) is 0 Å².